The van der Waals surface area contributed by atoms with Crippen molar-refractivity contribution in [3.05, 3.63) is 78.2 Å². The zero-order chi connectivity index (χ0) is 21.8. The number of carbonyl (C=O) groups is 1. The molecule has 1 aromatic carbocycles. The molecule has 2 aromatic heterocycles. The number of aromatic nitrogens is 2. The zero-order valence-corrected chi connectivity index (χ0v) is 18.5. The SMILES string of the molecule is Cc1cccc(Cc2cnc(NC(=O)CCc3c(C)[nH]c(=O)c(C#N)c3C)s2)c1Cl. The largest absolute Gasteiger partial charge is 0.325 e. The van der Waals surface area contributed by atoms with Gasteiger partial charge < -0.3 is 10.3 Å². The lowest BCUT2D eigenvalue weighted by molar-refractivity contribution is -0.116. The molecule has 6 nitrogen and oxygen atoms in total. The summed E-state index contributed by atoms with van der Waals surface area (Å²) in [5.74, 6) is -0.173. The molecule has 2 heterocycles. The molecule has 0 radical (unpaired) electrons. The number of halogens is 1. The number of thiazole rings is 1. The quantitative estimate of drug-likeness (QED) is 0.591. The number of aryl methyl sites for hydroxylation is 2. The monoisotopic (exact) mass is 440 g/mol. The second-order valence-corrected chi connectivity index (χ2v) is 8.57. The number of benzene rings is 1. The number of pyridine rings is 1. The Morgan fingerprint density at radius 3 is 2.83 bits per heavy atom. The number of carbonyl (C=O) groups excluding carboxylic acids is 1. The molecule has 0 bridgehead atoms. The minimum atomic E-state index is -0.398. The molecule has 0 unspecified atom stereocenters. The Kier molecular flexibility index (Phi) is 6.70. The van der Waals surface area contributed by atoms with Crippen LogP contribution < -0.4 is 10.9 Å². The number of hydrogen-bond acceptors (Lipinski definition) is 5. The van der Waals surface area contributed by atoms with Gasteiger partial charge in [-0.3, -0.25) is 9.59 Å². The van der Waals surface area contributed by atoms with Gasteiger partial charge in [0.05, 0.1) is 0 Å². The summed E-state index contributed by atoms with van der Waals surface area (Å²) in [5.41, 5.74) is 3.86. The summed E-state index contributed by atoms with van der Waals surface area (Å²) in [5, 5.41) is 13.3. The minimum absolute atomic E-state index is 0.0929. The fraction of sp³-hybridized carbons (Fsp3) is 0.273. The van der Waals surface area contributed by atoms with Crippen LogP contribution in [-0.2, 0) is 17.6 Å². The van der Waals surface area contributed by atoms with E-state index >= 15 is 0 Å². The molecule has 3 rings (SSSR count). The molecular weight excluding hydrogens is 420 g/mol. The van der Waals surface area contributed by atoms with E-state index in [1.165, 1.54) is 11.3 Å². The molecule has 1 amide bonds. The van der Waals surface area contributed by atoms with E-state index < -0.39 is 5.56 Å². The number of hydrogen-bond donors (Lipinski definition) is 2. The lowest BCUT2D eigenvalue weighted by atomic mass is 9.99. The number of amides is 1. The van der Waals surface area contributed by atoms with Crippen molar-refractivity contribution >= 4 is 34.0 Å². The summed E-state index contributed by atoms with van der Waals surface area (Å²) in [6.07, 6.45) is 3.04. The number of nitriles is 1. The van der Waals surface area contributed by atoms with Crippen LogP contribution in [0.5, 0.6) is 0 Å². The maximum Gasteiger partial charge on any atom is 0.266 e. The Morgan fingerprint density at radius 2 is 2.10 bits per heavy atom. The van der Waals surface area contributed by atoms with Gasteiger partial charge in [0, 0.05) is 34.6 Å². The van der Waals surface area contributed by atoms with E-state index in [0.717, 1.165) is 26.6 Å². The van der Waals surface area contributed by atoms with Crippen LogP contribution >= 0.6 is 22.9 Å². The van der Waals surface area contributed by atoms with Gasteiger partial charge in [-0.2, -0.15) is 5.26 Å². The highest BCUT2D eigenvalue weighted by Crippen LogP contribution is 2.27. The molecular formula is C22H21ClN4O2S. The van der Waals surface area contributed by atoms with Crippen LogP contribution in [0.1, 0.15) is 44.8 Å². The van der Waals surface area contributed by atoms with Gasteiger partial charge in [0.2, 0.25) is 5.91 Å². The highest BCUT2D eigenvalue weighted by molar-refractivity contribution is 7.15. The summed E-state index contributed by atoms with van der Waals surface area (Å²) >= 11 is 7.78. The Balaban J connectivity index is 1.64. The highest BCUT2D eigenvalue weighted by atomic mass is 35.5. The van der Waals surface area contributed by atoms with Crippen LogP contribution in [0, 0.1) is 32.1 Å². The van der Waals surface area contributed by atoms with Crippen molar-refractivity contribution in [2.24, 2.45) is 0 Å². The normalized spacial score (nSPS) is 10.6. The predicted octanol–water partition coefficient (Wildman–Crippen LogP) is 4.44. The van der Waals surface area contributed by atoms with Crippen LogP contribution in [0.3, 0.4) is 0 Å². The van der Waals surface area contributed by atoms with Crippen molar-refractivity contribution in [3.8, 4) is 6.07 Å². The second kappa shape index (κ2) is 9.24. The smallest absolute Gasteiger partial charge is 0.266 e. The third kappa shape index (κ3) is 4.78. The highest BCUT2D eigenvalue weighted by Gasteiger charge is 2.14. The van der Waals surface area contributed by atoms with Crippen LogP contribution in [0.25, 0.3) is 0 Å². The third-order valence-corrected chi connectivity index (χ3v) is 6.41. The van der Waals surface area contributed by atoms with Gasteiger partial charge in [-0.1, -0.05) is 29.8 Å². The van der Waals surface area contributed by atoms with Gasteiger partial charge in [-0.25, -0.2) is 4.98 Å². The summed E-state index contributed by atoms with van der Waals surface area (Å²) in [6.45, 7) is 5.47. The zero-order valence-electron chi connectivity index (χ0n) is 16.9. The number of H-pyrrole nitrogens is 1. The molecule has 3 aromatic rings. The average Bonchev–Trinajstić information content (AvgIpc) is 3.12. The van der Waals surface area contributed by atoms with E-state index in [1.807, 2.05) is 31.2 Å². The van der Waals surface area contributed by atoms with Crippen molar-refractivity contribution in [1.82, 2.24) is 9.97 Å². The van der Waals surface area contributed by atoms with Crippen LogP contribution in [-0.4, -0.2) is 15.9 Å². The second-order valence-electron chi connectivity index (χ2n) is 7.07. The van der Waals surface area contributed by atoms with Crippen LogP contribution in [0.15, 0.2) is 29.2 Å². The molecule has 0 fully saturated rings. The number of nitrogens with zero attached hydrogens (tertiary/aromatic N) is 2. The van der Waals surface area contributed by atoms with Gasteiger partial charge in [-0.15, -0.1) is 11.3 Å². The molecule has 2 N–H and O–H groups in total. The Labute approximate surface area is 183 Å². The molecule has 154 valence electrons. The Hall–Kier alpha value is -2.95. The maximum absolute atomic E-state index is 12.4. The van der Waals surface area contributed by atoms with Gasteiger partial charge in [0.15, 0.2) is 5.13 Å². The van der Waals surface area contributed by atoms with Gasteiger partial charge in [-0.05, 0) is 49.4 Å². The molecule has 0 aliphatic rings. The molecule has 0 spiro atoms. The topological polar surface area (TPSA) is 98.6 Å². The molecule has 0 atom stereocenters. The standard InChI is InChI=1S/C22H21ClN4O2S/c1-12-5-4-6-15(20(12)23)9-16-11-25-22(30-16)27-19(28)8-7-17-13(2)18(10-24)21(29)26-14(17)3/h4-6,11H,7-9H2,1-3H3,(H,26,29)(H,25,27,28). The summed E-state index contributed by atoms with van der Waals surface area (Å²) < 4.78 is 0. The van der Waals surface area contributed by atoms with Crippen LogP contribution in [0.2, 0.25) is 5.02 Å². The average molecular weight is 441 g/mol. The molecule has 30 heavy (non-hydrogen) atoms. The number of nitrogens with one attached hydrogen (secondary N) is 2. The summed E-state index contributed by atoms with van der Waals surface area (Å²) in [6, 6.07) is 7.85. The number of aromatic amines is 1. The first-order valence-electron chi connectivity index (χ1n) is 9.41. The van der Waals surface area contributed by atoms with Gasteiger partial charge in [0.25, 0.3) is 5.56 Å². The lowest BCUT2D eigenvalue weighted by Gasteiger charge is -2.10. The molecule has 8 heteroatoms. The lowest BCUT2D eigenvalue weighted by Crippen LogP contribution is -2.18. The third-order valence-electron chi connectivity index (χ3n) is 4.96. The summed E-state index contributed by atoms with van der Waals surface area (Å²) in [4.78, 5) is 32.2. The van der Waals surface area contributed by atoms with Gasteiger partial charge in [0.1, 0.15) is 11.6 Å². The first kappa shape index (κ1) is 21.8. The van der Waals surface area contributed by atoms with Crippen molar-refractivity contribution < 1.29 is 4.79 Å². The number of rotatable bonds is 6. The van der Waals surface area contributed by atoms with Crippen molar-refractivity contribution in [1.29, 1.82) is 5.26 Å². The van der Waals surface area contributed by atoms with E-state index in [0.29, 0.717) is 29.2 Å². The first-order valence-corrected chi connectivity index (χ1v) is 10.6. The molecule has 0 saturated heterocycles. The van der Waals surface area contributed by atoms with E-state index in [2.05, 4.69) is 15.3 Å². The molecule has 0 aliphatic heterocycles. The van der Waals surface area contributed by atoms with E-state index in [1.54, 1.807) is 20.0 Å². The fourth-order valence-corrected chi connectivity index (χ4v) is 4.36. The maximum atomic E-state index is 12.4. The fourth-order valence-electron chi connectivity index (χ4n) is 3.32. The van der Waals surface area contributed by atoms with Crippen molar-refractivity contribution in [2.75, 3.05) is 5.32 Å². The number of anilines is 1. The summed E-state index contributed by atoms with van der Waals surface area (Å²) in [7, 11) is 0. The van der Waals surface area contributed by atoms with Crippen molar-refractivity contribution in [2.45, 2.75) is 40.0 Å². The van der Waals surface area contributed by atoms with E-state index in [9.17, 15) is 9.59 Å². The Bertz CT molecular complexity index is 1210. The van der Waals surface area contributed by atoms with Crippen molar-refractivity contribution in [3.63, 3.8) is 0 Å². The minimum Gasteiger partial charge on any atom is -0.325 e. The van der Waals surface area contributed by atoms with Crippen LogP contribution in [0.4, 0.5) is 5.13 Å². The Morgan fingerprint density at radius 1 is 1.33 bits per heavy atom. The predicted molar refractivity (Wildman–Crippen MR) is 119 cm³/mol. The molecule has 0 aliphatic carbocycles. The molecule has 0 saturated carbocycles. The van der Waals surface area contributed by atoms with E-state index in [-0.39, 0.29) is 17.9 Å². The van der Waals surface area contributed by atoms with E-state index in [4.69, 9.17) is 16.9 Å². The van der Waals surface area contributed by atoms with Gasteiger partial charge >= 0.3 is 0 Å². The first-order chi connectivity index (χ1) is 14.3.